The number of nitrogens with zero attached hydrogens (tertiary/aromatic N) is 3. The zero-order valence-corrected chi connectivity index (χ0v) is 88.1. The second kappa shape index (κ2) is 60.8. The molecule has 6 rings (SSSR count). The van der Waals surface area contributed by atoms with Crippen LogP contribution in [0.1, 0.15) is 215 Å². The Morgan fingerprint density at radius 3 is 1.01 bits per heavy atom. The van der Waals surface area contributed by atoms with E-state index in [9.17, 15) is 71.9 Å². The standard InChI is InChI=1S/C17H26BrFN2O3S.C13H18BrFN2O2.C12H16BrFN2O3S.C12H18BrFN2OS.C11H13BrFNOS.C7H4BrFO.C4H11NOS.CH3NO2.CH4.3H2S/c1-16(2,3)24-15(22)20-10-14(21-25(23)17(4,5)6)11-7-12(18)9-13(19)8-11;1-13(2,3)19-12(18)17-7-11(16)8-4-9(14)6-10(15)5-8;1-12(2,3)20(19)15-11(7-16(17)18)8-4-9(13)6-10(14)5-8;1-12(2,3)18(17)16-11(7-15)8-4-9(13)6-10(14)5-8;1-11(2,3)16(15)14-7-8-4-9(12)6-10(13)5-8;8-6-1-5(4-10)2-7(9)3-6;1-4(2,3)7(5)6;1-2(3)4;;;;/h7-9,14,21H,10H2,1-6H3,(H,20,22);4-6,11H,7,16H2,1-3H3,(H,17,18);4-6,11,15H,7H2,1-3H3;4-6,11,16H,7,15H2,1-3H3;4-7H,1-3H3;1-4H;5H2,1-3H3;1H3;1H4;3*1H2/t14-,25+;11-;11-,20+;11-,18+;16-;;7-;;;;;/m11110.0...../s1. The number of alkyl carbamates (subject to hydrolysis) is 2. The highest BCUT2D eigenvalue weighted by Crippen LogP contribution is 2.28. The first-order chi connectivity index (χ1) is 54.0. The fraction of sp³-hybridized carbons (Fsp3) is 0.487. The fourth-order valence-corrected chi connectivity index (χ4v) is 13.5. The first-order valence-corrected chi connectivity index (χ1v) is 46.0. The predicted molar refractivity (Wildman–Crippen MR) is 526 cm³/mol. The van der Waals surface area contributed by atoms with Crippen LogP contribution in [-0.2, 0) is 64.4 Å². The van der Waals surface area contributed by atoms with Gasteiger partial charge in [-0.25, -0.2) is 71.1 Å². The van der Waals surface area contributed by atoms with Crippen molar-refractivity contribution in [1.29, 1.82) is 0 Å². The molecule has 0 aliphatic rings. The van der Waals surface area contributed by atoms with Crippen molar-refractivity contribution in [3.05, 3.63) is 225 Å². The van der Waals surface area contributed by atoms with Gasteiger partial charge in [0.25, 0.3) is 0 Å². The quantitative estimate of drug-likeness (QED) is 0.0116. The van der Waals surface area contributed by atoms with Crippen LogP contribution in [0.5, 0.6) is 0 Å². The summed E-state index contributed by atoms with van der Waals surface area (Å²) in [6, 6.07) is 23.6. The van der Waals surface area contributed by atoms with Gasteiger partial charge in [0.15, 0.2) is 7.05 Å². The van der Waals surface area contributed by atoms with Crippen molar-refractivity contribution in [3.63, 3.8) is 0 Å². The Labute approximate surface area is 804 Å². The minimum Gasteiger partial charge on any atom is -0.444 e. The lowest BCUT2D eigenvalue weighted by atomic mass is 10.1. The lowest BCUT2D eigenvalue weighted by molar-refractivity contribution is -0.483. The minimum absolute atomic E-state index is 0. The number of hydrogen-bond acceptors (Lipinski definition) is 16. The lowest BCUT2D eigenvalue weighted by Crippen LogP contribution is -2.42. The molecule has 0 spiro atoms. The number of carbonyl (C=O) groups is 3. The molecular formula is C78H119Br6F6N11O14S8. The molecule has 2 amide bonds. The molecular weight excluding hydrogens is 2160 g/mol. The number of rotatable bonds is 20. The number of hydrogen-bond donors (Lipinski definition) is 8. The summed E-state index contributed by atoms with van der Waals surface area (Å²) in [6.07, 6.45) is 0.901. The molecule has 0 aliphatic carbocycles. The van der Waals surface area contributed by atoms with Crippen LogP contribution in [0.2, 0.25) is 0 Å². The van der Waals surface area contributed by atoms with Crippen LogP contribution in [0.3, 0.4) is 0 Å². The van der Waals surface area contributed by atoms with Gasteiger partial charge in [-0.3, -0.25) is 30.2 Å². The monoisotopic (exact) mass is 2280 g/mol. The average molecular weight is 2280 g/mol. The molecule has 123 heavy (non-hydrogen) atoms. The topological polar surface area (TPSA) is 392 Å². The summed E-state index contributed by atoms with van der Waals surface area (Å²) in [5.74, 6) is -2.41. The molecule has 0 saturated heterocycles. The van der Waals surface area contributed by atoms with Crippen molar-refractivity contribution in [3.8, 4) is 0 Å². The second-order valence-corrected chi connectivity index (χ2v) is 47.3. The molecule has 6 aromatic rings. The number of nitro groups is 2. The number of ether oxygens (including phenoxy) is 2. The number of nitrogens with two attached hydrogens (primary N) is 3. The highest BCUT2D eigenvalue weighted by atomic mass is 79.9. The molecule has 0 radical (unpaired) electrons. The Bertz CT molecular complexity index is 4340. The minimum atomic E-state index is -1.49. The van der Waals surface area contributed by atoms with Gasteiger partial charge >= 0.3 is 12.2 Å². The van der Waals surface area contributed by atoms with Crippen LogP contribution >= 0.6 is 136 Å². The van der Waals surface area contributed by atoms with Crippen molar-refractivity contribution >= 4 is 216 Å². The van der Waals surface area contributed by atoms with Gasteiger partial charge in [0, 0.05) is 74.1 Å². The largest absolute Gasteiger partial charge is 0.444 e. The van der Waals surface area contributed by atoms with Gasteiger partial charge in [0.05, 0.1) is 79.8 Å². The third-order valence-corrected chi connectivity index (χ3v) is 23.3. The van der Waals surface area contributed by atoms with E-state index in [4.69, 9.17) is 36.2 Å². The molecule has 25 nitrogen and oxygen atoms in total. The Morgan fingerprint density at radius 1 is 0.455 bits per heavy atom. The van der Waals surface area contributed by atoms with E-state index in [0.717, 1.165) is 7.05 Å². The van der Waals surface area contributed by atoms with E-state index in [1.54, 1.807) is 98.7 Å². The van der Waals surface area contributed by atoms with E-state index in [2.05, 4.69) is 125 Å². The van der Waals surface area contributed by atoms with Crippen molar-refractivity contribution in [2.75, 3.05) is 33.2 Å². The number of aldehydes is 1. The molecule has 0 aromatic heterocycles. The zero-order valence-electron chi connectivity index (χ0n) is 71.6. The maximum Gasteiger partial charge on any atom is 0.407 e. The van der Waals surface area contributed by atoms with Crippen molar-refractivity contribution in [2.24, 2.45) is 21.0 Å². The number of amides is 2. The summed E-state index contributed by atoms with van der Waals surface area (Å²) in [5, 5.41) is 29.8. The molecule has 0 fully saturated rings. The number of carbonyl (C=O) groups excluding carboxylic acids is 3. The SMILES string of the molecule is C.CC(C)(C)OC(=O)NC[C@@H](N)c1cc(F)cc(Br)c1.CC(C)(C)OC(=O)NC[C@@H](N[S@@](=O)C(C)(C)C)c1cc(F)cc(Br)c1.CC(C)(C)[S@@](N)=O.CC(C)(C)[S@](=O)N=Cc1cc(F)cc(Br)c1.CC(C)(C)[S@](=O)N[C@H](CN)c1cc(F)cc(Br)c1.CC(C)(C)[S@](=O)N[C@H](C[N+](=O)[O-])c1cc(F)cc(Br)c1.C[N+](=O)[O-].O=Cc1cc(F)cc(Br)c1.S.S.S. The van der Waals surface area contributed by atoms with Gasteiger partial charge in [-0.2, -0.15) is 44.9 Å². The summed E-state index contributed by atoms with van der Waals surface area (Å²) in [5.41, 5.74) is 13.5. The second-order valence-electron chi connectivity index (χ2n) is 32.1. The van der Waals surface area contributed by atoms with E-state index < -0.39 is 149 Å². The summed E-state index contributed by atoms with van der Waals surface area (Å²) < 4.78 is 162. The third-order valence-electron chi connectivity index (χ3n) is 13.2. The fourth-order valence-electron chi connectivity index (χ4n) is 7.56. The summed E-state index contributed by atoms with van der Waals surface area (Å²) >= 11 is 19.1. The Balaban J connectivity index is -0.000000327. The molecule has 45 heteroatoms. The van der Waals surface area contributed by atoms with Crippen LogP contribution in [0.15, 0.2) is 140 Å². The van der Waals surface area contributed by atoms with Gasteiger partial charge in [-0.1, -0.05) is 103 Å². The normalized spacial score (nSPS) is 13.4. The van der Waals surface area contributed by atoms with E-state index in [1.807, 2.05) is 83.1 Å². The Hall–Kier alpha value is -3.98. The number of halogens is 12. The summed E-state index contributed by atoms with van der Waals surface area (Å²) in [4.78, 5) is 52.0. The van der Waals surface area contributed by atoms with E-state index >= 15 is 0 Å². The first-order valence-electron chi connectivity index (χ1n) is 35.4. The molecule has 9 atom stereocenters. The van der Waals surface area contributed by atoms with Gasteiger partial charge in [0.2, 0.25) is 6.54 Å². The Morgan fingerprint density at radius 2 is 0.724 bits per heavy atom. The summed E-state index contributed by atoms with van der Waals surface area (Å²) in [6.45, 7) is 38.0. The number of benzene rings is 6. The van der Waals surface area contributed by atoms with Gasteiger partial charge in [-0.15, -0.1) is 0 Å². The maximum absolute atomic E-state index is 13.7. The molecule has 0 bridgehead atoms. The van der Waals surface area contributed by atoms with Crippen molar-refractivity contribution in [2.45, 2.75) is 212 Å². The van der Waals surface area contributed by atoms with Crippen LogP contribution in [0.25, 0.3) is 0 Å². The first kappa shape index (κ1) is 130. The van der Waals surface area contributed by atoms with Crippen LogP contribution in [0, 0.1) is 55.1 Å². The third kappa shape index (κ3) is 62.8. The molecule has 0 saturated carbocycles. The molecule has 11 N–H and O–H groups in total. The smallest absolute Gasteiger partial charge is 0.407 e. The lowest BCUT2D eigenvalue weighted by Gasteiger charge is -2.26. The van der Waals surface area contributed by atoms with Gasteiger partial charge in [0.1, 0.15) is 69.4 Å². The average Bonchev–Trinajstić information content (AvgIpc) is 0.860. The maximum atomic E-state index is 13.7. The molecule has 0 aliphatic heterocycles. The van der Waals surface area contributed by atoms with Crippen LogP contribution in [0.4, 0.5) is 35.9 Å². The van der Waals surface area contributed by atoms with E-state index in [0.29, 0.717) is 66.5 Å². The Kier molecular flexibility index (Phi) is 64.2. The van der Waals surface area contributed by atoms with Crippen molar-refractivity contribution < 1.29 is 81.1 Å². The predicted octanol–water partition coefficient (Wildman–Crippen LogP) is 20.1. The highest BCUT2D eigenvalue weighted by Gasteiger charge is 2.30. The molecule has 0 heterocycles. The van der Waals surface area contributed by atoms with Gasteiger partial charge in [-0.05, 0) is 282 Å². The van der Waals surface area contributed by atoms with Crippen molar-refractivity contribution in [1.82, 2.24) is 24.8 Å². The van der Waals surface area contributed by atoms with Crippen LogP contribution < -0.4 is 41.4 Å². The van der Waals surface area contributed by atoms with Crippen LogP contribution in [-0.4, -0.2) is 124 Å². The van der Waals surface area contributed by atoms with E-state index in [1.165, 1.54) is 79.0 Å². The summed E-state index contributed by atoms with van der Waals surface area (Å²) in [7, 11) is -5.75. The molecule has 6 aromatic carbocycles. The number of nitrogens with one attached hydrogen (secondary N) is 5. The molecule has 702 valence electrons. The van der Waals surface area contributed by atoms with E-state index in [-0.39, 0.29) is 95.8 Å². The zero-order chi connectivity index (χ0) is 93.0. The van der Waals surface area contributed by atoms with Gasteiger partial charge < -0.3 is 31.6 Å². The molecule has 0 unspecified atom stereocenters. The highest BCUT2D eigenvalue weighted by molar-refractivity contribution is 9.11.